The summed E-state index contributed by atoms with van der Waals surface area (Å²) >= 11 is 0. The van der Waals surface area contributed by atoms with Crippen LogP contribution < -0.4 is 4.90 Å². The Bertz CT molecular complexity index is 343. The van der Waals surface area contributed by atoms with Crippen LogP contribution in [0.15, 0.2) is 24.3 Å². The number of ether oxygens (including phenoxy) is 1. The van der Waals surface area contributed by atoms with Crippen molar-refractivity contribution in [2.24, 2.45) is 0 Å². The van der Waals surface area contributed by atoms with Crippen LogP contribution in [0.3, 0.4) is 0 Å². The molecule has 1 aliphatic rings. The van der Waals surface area contributed by atoms with E-state index in [0.717, 1.165) is 45.8 Å². The van der Waals surface area contributed by atoms with Crippen LogP contribution in [0.25, 0.3) is 0 Å². The van der Waals surface area contributed by atoms with E-state index in [0.29, 0.717) is 0 Å². The van der Waals surface area contributed by atoms with Gasteiger partial charge in [0.25, 0.3) is 0 Å². The monoisotopic (exact) mass is 278 g/mol. The van der Waals surface area contributed by atoms with Gasteiger partial charge in [0, 0.05) is 52.1 Å². The smallest absolute Gasteiger partial charge is 0.0474 e. The molecule has 20 heavy (non-hydrogen) atoms. The quantitative estimate of drug-likeness (QED) is 0.769. The first-order valence-corrected chi connectivity index (χ1v) is 7.82. The van der Waals surface area contributed by atoms with Crippen molar-refractivity contribution in [3.63, 3.8) is 0 Å². The average Bonchev–Trinajstić information content (AvgIpc) is 2.51. The molecule has 1 saturated heterocycles. The number of rotatable bonds is 5. The molecule has 0 aliphatic carbocycles. The van der Waals surface area contributed by atoms with Crippen molar-refractivity contribution in [1.82, 2.24) is 4.90 Å². The molecule has 0 N–H and O–H groups in total. The SMILES string of the molecule is CC.COCCCN1CCN(c2ccc(C)cc2)CC1. The second kappa shape index (κ2) is 9.78. The van der Waals surface area contributed by atoms with E-state index in [9.17, 15) is 0 Å². The summed E-state index contributed by atoms with van der Waals surface area (Å²) < 4.78 is 5.10. The van der Waals surface area contributed by atoms with Crippen LogP contribution in [0.4, 0.5) is 5.69 Å². The third-order valence-corrected chi connectivity index (χ3v) is 3.59. The van der Waals surface area contributed by atoms with Crippen LogP contribution in [-0.4, -0.2) is 51.3 Å². The largest absolute Gasteiger partial charge is 0.385 e. The van der Waals surface area contributed by atoms with Crippen LogP contribution in [0.2, 0.25) is 0 Å². The molecule has 1 aromatic rings. The van der Waals surface area contributed by atoms with Gasteiger partial charge in [0.05, 0.1) is 0 Å². The molecule has 1 aliphatic heterocycles. The molecule has 1 heterocycles. The molecule has 3 heteroatoms. The van der Waals surface area contributed by atoms with Crippen LogP contribution in [0, 0.1) is 6.92 Å². The molecule has 2 rings (SSSR count). The third kappa shape index (κ3) is 5.51. The van der Waals surface area contributed by atoms with Crippen molar-refractivity contribution in [1.29, 1.82) is 0 Å². The van der Waals surface area contributed by atoms with Crippen LogP contribution >= 0.6 is 0 Å². The van der Waals surface area contributed by atoms with E-state index in [2.05, 4.69) is 41.0 Å². The standard InChI is InChI=1S/C15H24N2O.C2H6/c1-14-4-6-15(7-5-14)17-11-9-16(10-12-17)8-3-13-18-2;1-2/h4-7H,3,8-13H2,1-2H3;1-2H3. The van der Waals surface area contributed by atoms with Crippen molar-refractivity contribution in [3.05, 3.63) is 29.8 Å². The summed E-state index contributed by atoms with van der Waals surface area (Å²) in [6, 6.07) is 8.85. The molecule has 0 unspecified atom stereocenters. The first-order chi connectivity index (χ1) is 9.79. The molecule has 1 fully saturated rings. The van der Waals surface area contributed by atoms with E-state index < -0.39 is 0 Å². The Labute approximate surface area is 124 Å². The van der Waals surface area contributed by atoms with Crippen molar-refractivity contribution in [2.75, 3.05) is 51.3 Å². The van der Waals surface area contributed by atoms with Gasteiger partial charge in [-0.3, -0.25) is 4.90 Å². The predicted molar refractivity (Wildman–Crippen MR) is 87.7 cm³/mol. The normalized spacial score (nSPS) is 15.7. The Balaban J connectivity index is 0.000000956. The Morgan fingerprint density at radius 1 is 1.00 bits per heavy atom. The summed E-state index contributed by atoms with van der Waals surface area (Å²) in [5, 5.41) is 0. The molecule has 1 aromatic carbocycles. The zero-order valence-corrected chi connectivity index (χ0v) is 13.6. The maximum absolute atomic E-state index is 5.10. The number of piperazine rings is 1. The lowest BCUT2D eigenvalue weighted by atomic mass is 10.2. The summed E-state index contributed by atoms with van der Waals surface area (Å²) in [6.07, 6.45) is 1.14. The number of hydrogen-bond acceptors (Lipinski definition) is 3. The molecule has 0 spiro atoms. The Kier molecular flexibility index (Phi) is 8.31. The highest BCUT2D eigenvalue weighted by molar-refractivity contribution is 5.47. The lowest BCUT2D eigenvalue weighted by molar-refractivity contribution is 0.169. The fraction of sp³-hybridized carbons (Fsp3) is 0.647. The molecule has 3 nitrogen and oxygen atoms in total. The zero-order chi connectivity index (χ0) is 14.8. The Morgan fingerprint density at radius 2 is 1.60 bits per heavy atom. The van der Waals surface area contributed by atoms with Crippen molar-refractivity contribution in [2.45, 2.75) is 27.2 Å². The van der Waals surface area contributed by atoms with Crippen LogP contribution in [-0.2, 0) is 4.74 Å². The van der Waals surface area contributed by atoms with E-state index in [1.807, 2.05) is 13.8 Å². The van der Waals surface area contributed by atoms with Gasteiger partial charge in [0.1, 0.15) is 0 Å². The number of anilines is 1. The highest BCUT2D eigenvalue weighted by atomic mass is 16.5. The maximum atomic E-state index is 5.10. The molecule has 0 aromatic heterocycles. The van der Waals surface area contributed by atoms with Gasteiger partial charge >= 0.3 is 0 Å². The summed E-state index contributed by atoms with van der Waals surface area (Å²) in [4.78, 5) is 5.01. The van der Waals surface area contributed by atoms with Gasteiger partial charge in [-0.1, -0.05) is 31.5 Å². The van der Waals surface area contributed by atoms with Crippen LogP contribution in [0.1, 0.15) is 25.8 Å². The molecule has 114 valence electrons. The first kappa shape index (κ1) is 17.0. The maximum Gasteiger partial charge on any atom is 0.0474 e. The molecule has 0 bridgehead atoms. The van der Waals surface area contributed by atoms with Gasteiger partial charge in [0.2, 0.25) is 0 Å². The van der Waals surface area contributed by atoms with Gasteiger partial charge in [0.15, 0.2) is 0 Å². The Hall–Kier alpha value is -1.06. The molecule has 0 atom stereocenters. The molecular weight excluding hydrogens is 248 g/mol. The number of nitrogens with zero attached hydrogens (tertiary/aromatic N) is 2. The van der Waals surface area contributed by atoms with Gasteiger partial charge in [-0.15, -0.1) is 0 Å². The van der Waals surface area contributed by atoms with E-state index in [4.69, 9.17) is 4.74 Å². The minimum Gasteiger partial charge on any atom is -0.385 e. The molecule has 0 radical (unpaired) electrons. The van der Waals surface area contributed by atoms with Crippen molar-refractivity contribution >= 4 is 5.69 Å². The van der Waals surface area contributed by atoms with Gasteiger partial charge in [-0.2, -0.15) is 0 Å². The number of aryl methyl sites for hydroxylation is 1. The van der Waals surface area contributed by atoms with Crippen LogP contribution in [0.5, 0.6) is 0 Å². The molecular formula is C17H30N2O. The molecule has 0 amide bonds. The second-order valence-corrected chi connectivity index (χ2v) is 5.01. The van der Waals surface area contributed by atoms with E-state index in [1.54, 1.807) is 7.11 Å². The molecule has 0 saturated carbocycles. The number of methoxy groups -OCH3 is 1. The van der Waals surface area contributed by atoms with E-state index in [1.165, 1.54) is 11.3 Å². The fourth-order valence-corrected chi connectivity index (χ4v) is 2.42. The fourth-order valence-electron chi connectivity index (χ4n) is 2.42. The minimum atomic E-state index is 0.873. The van der Waals surface area contributed by atoms with Gasteiger partial charge in [-0.05, 0) is 25.5 Å². The van der Waals surface area contributed by atoms with Crippen molar-refractivity contribution in [3.8, 4) is 0 Å². The second-order valence-electron chi connectivity index (χ2n) is 5.01. The summed E-state index contributed by atoms with van der Waals surface area (Å²) in [5.74, 6) is 0. The number of benzene rings is 1. The predicted octanol–water partition coefficient (Wildman–Crippen LogP) is 3.18. The van der Waals surface area contributed by atoms with E-state index in [-0.39, 0.29) is 0 Å². The highest BCUT2D eigenvalue weighted by Crippen LogP contribution is 2.17. The topological polar surface area (TPSA) is 15.7 Å². The average molecular weight is 278 g/mol. The lowest BCUT2D eigenvalue weighted by Gasteiger charge is -2.36. The summed E-state index contributed by atoms with van der Waals surface area (Å²) in [6.45, 7) is 12.8. The third-order valence-electron chi connectivity index (χ3n) is 3.59. The first-order valence-electron chi connectivity index (χ1n) is 7.82. The minimum absolute atomic E-state index is 0.873. The van der Waals surface area contributed by atoms with Gasteiger partial charge in [-0.25, -0.2) is 0 Å². The summed E-state index contributed by atoms with van der Waals surface area (Å²) in [7, 11) is 1.77. The highest BCUT2D eigenvalue weighted by Gasteiger charge is 2.16. The Morgan fingerprint density at radius 3 is 2.15 bits per heavy atom. The number of hydrogen-bond donors (Lipinski definition) is 0. The van der Waals surface area contributed by atoms with Gasteiger partial charge < -0.3 is 9.64 Å². The zero-order valence-electron chi connectivity index (χ0n) is 13.6. The van der Waals surface area contributed by atoms with E-state index >= 15 is 0 Å². The summed E-state index contributed by atoms with van der Waals surface area (Å²) in [5.41, 5.74) is 2.69. The van der Waals surface area contributed by atoms with Crippen molar-refractivity contribution < 1.29 is 4.74 Å². The lowest BCUT2D eigenvalue weighted by Crippen LogP contribution is -2.46.